The summed E-state index contributed by atoms with van der Waals surface area (Å²) < 4.78 is 39.1. The molecule has 0 N–H and O–H groups in total. The van der Waals surface area contributed by atoms with Gasteiger partial charge >= 0.3 is 0 Å². The number of aryl methyl sites for hydroxylation is 1. The van der Waals surface area contributed by atoms with Gasteiger partial charge in [-0.3, -0.25) is 0 Å². The molecule has 0 saturated heterocycles. The van der Waals surface area contributed by atoms with Crippen LogP contribution in [0.2, 0.25) is 5.15 Å². The molecule has 2 aromatic rings. The fraction of sp³-hybridized carbons (Fsp3) is 0.100. The first-order valence-corrected chi connectivity index (χ1v) is 4.49. The summed E-state index contributed by atoms with van der Waals surface area (Å²) in [7, 11) is 0. The minimum atomic E-state index is -1.53. The largest absolute Gasteiger partial charge is 0.233 e. The zero-order valence-electron chi connectivity index (χ0n) is 7.61. The van der Waals surface area contributed by atoms with Crippen molar-refractivity contribution in [2.75, 3.05) is 0 Å². The van der Waals surface area contributed by atoms with Gasteiger partial charge in [0, 0.05) is 5.39 Å². The quantitative estimate of drug-likeness (QED) is 0.499. The lowest BCUT2D eigenvalue weighted by Crippen LogP contribution is -1.96. The molecular weight excluding hydrogens is 227 g/mol. The predicted molar refractivity (Wildman–Crippen MR) is 51.4 cm³/mol. The topological polar surface area (TPSA) is 12.9 Å². The molecule has 1 heterocycles. The first-order valence-electron chi connectivity index (χ1n) is 4.11. The van der Waals surface area contributed by atoms with Crippen molar-refractivity contribution in [1.29, 1.82) is 0 Å². The minimum Gasteiger partial charge on any atom is -0.233 e. The van der Waals surface area contributed by atoms with E-state index >= 15 is 0 Å². The summed E-state index contributed by atoms with van der Waals surface area (Å²) in [6.07, 6.45) is 0. The number of halogens is 4. The van der Waals surface area contributed by atoms with E-state index < -0.39 is 17.5 Å². The highest BCUT2D eigenvalue weighted by atomic mass is 35.5. The average molecular weight is 232 g/mol. The van der Waals surface area contributed by atoms with Gasteiger partial charge in [0.25, 0.3) is 0 Å². The average Bonchev–Trinajstić information content (AvgIpc) is 2.17. The van der Waals surface area contributed by atoms with Crippen LogP contribution >= 0.6 is 11.6 Å². The first kappa shape index (κ1) is 10.2. The number of hydrogen-bond donors (Lipinski definition) is 0. The Morgan fingerprint density at radius 2 is 1.80 bits per heavy atom. The molecule has 0 radical (unpaired) electrons. The van der Waals surface area contributed by atoms with Crippen LogP contribution in [0, 0.1) is 24.4 Å². The molecule has 0 spiro atoms. The van der Waals surface area contributed by atoms with Crippen LogP contribution in [0.4, 0.5) is 13.2 Å². The fourth-order valence-electron chi connectivity index (χ4n) is 1.39. The van der Waals surface area contributed by atoms with Crippen LogP contribution in [0.1, 0.15) is 5.56 Å². The maximum atomic E-state index is 13.3. The monoisotopic (exact) mass is 231 g/mol. The van der Waals surface area contributed by atoms with Gasteiger partial charge in [-0.15, -0.1) is 0 Å². The Balaban J connectivity index is 2.98. The van der Waals surface area contributed by atoms with E-state index in [0.29, 0.717) is 5.56 Å². The number of benzene rings is 1. The van der Waals surface area contributed by atoms with Gasteiger partial charge in [0.15, 0.2) is 17.5 Å². The maximum absolute atomic E-state index is 13.3. The summed E-state index contributed by atoms with van der Waals surface area (Å²) in [5.41, 5.74) is 0.293. The van der Waals surface area contributed by atoms with E-state index in [1.54, 1.807) is 6.92 Å². The van der Waals surface area contributed by atoms with E-state index in [2.05, 4.69) is 4.98 Å². The number of fused-ring (bicyclic) bond motifs is 1. The second-order valence-electron chi connectivity index (χ2n) is 3.14. The number of pyridine rings is 1. The third kappa shape index (κ3) is 1.55. The van der Waals surface area contributed by atoms with E-state index in [9.17, 15) is 13.2 Å². The zero-order valence-corrected chi connectivity index (χ0v) is 8.37. The van der Waals surface area contributed by atoms with E-state index in [1.807, 2.05) is 0 Å². The van der Waals surface area contributed by atoms with Crippen LogP contribution in [0.25, 0.3) is 10.9 Å². The van der Waals surface area contributed by atoms with E-state index in [1.165, 1.54) is 6.07 Å². The lowest BCUT2D eigenvalue weighted by Gasteiger charge is -2.04. The molecule has 15 heavy (non-hydrogen) atoms. The lowest BCUT2D eigenvalue weighted by molar-refractivity contribution is 0.452. The Hall–Kier alpha value is -1.29. The standard InChI is InChI=1S/C10H5ClF3N/c1-4-2-7(11)15-10-5(4)3-6(12)8(13)9(10)14/h2-3H,1H3. The third-order valence-electron chi connectivity index (χ3n) is 2.12. The van der Waals surface area contributed by atoms with Crippen molar-refractivity contribution in [2.45, 2.75) is 6.92 Å². The summed E-state index contributed by atoms with van der Waals surface area (Å²) >= 11 is 5.59. The molecule has 1 aromatic heterocycles. The number of rotatable bonds is 0. The summed E-state index contributed by atoms with van der Waals surface area (Å²) in [6, 6.07) is 2.37. The highest BCUT2D eigenvalue weighted by Crippen LogP contribution is 2.25. The molecule has 0 aliphatic heterocycles. The van der Waals surface area contributed by atoms with Crippen LogP contribution in [-0.4, -0.2) is 4.98 Å². The Bertz CT molecular complexity index is 554. The van der Waals surface area contributed by atoms with Crippen molar-refractivity contribution in [2.24, 2.45) is 0 Å². The molecular formula is C10H5ClF3N. The van der Waals surface area contributed by atoms with Crippen molar-refractivity contribution in [1.82, 2.24) is 4.98 Å². The Labute approximate surface area is 88.5 Å². The molecule has 2 rings (SSSR count). The molecule has 0 amide bonds. The summed E-state index contributed by atoms with van der Waals surface area (Å²) in [6.45, 7) is 1.62. The molecule has 0 aliphatic rings. The molecule has 0 atom stereocenters. The molecule has 0 fully saturated rings. The molecule has 0 bridgehead atoms. The Morgan fingerprint density at radius 3 is 2.47 bits per heavy atom. The van der Waals surface area contributed by atoms with Crippen LogP contribution in [0.5, 0.6) is 0 Å². The lowest BCUT2D eigenvalue weighted by atomic mass is 10.1. The van der Waals surface area contributed by atoms with Gasteiger partial charge in [-0.2, -0.15) is 0 Å². The fourth-order valence-corrected chi connectivity index (χ4v) is 1.64. The minimum absolute atomic E-state index is 0.0462. The highest BCUT2D eigenvalue weighted by Gasteiger charge is 2.16. The van der Waals surface area contributed by atoms with Crippen LogP contribution < -0.4 is 0 Å². The first-order chi connectivity index (χ1) is 7.00. The van der Waals surface area contributed by atoms with E-state index in [4.69, 9.17) is 11.6 Å². The van der Waals surface area contributed by atoms with Gasteiger partial charge in [0.1, 0.15) is 10.7 Å². The van der Waals surface area contributed by atoms with Crippen molar-refractivity contribution in [3.63, 3.8) is 0 Å². The number of hydrogen-bond acceptors (Lipinski definition) is 1. The summed E-state index contributed by atoms with van der Waals surface area (Å²) in [4.78, 5) is 3.62. The Kier molecular flexibility index (Phi) is 2.31. The van der Waals surface area contributed by atoms with Crippen molar-refractivity contribution in [3.05, 3.63) is 40.3 Å². The van der Waals surface area contributed by atoms with Gasteiger partial charge in [-0.05, 0) is 24.6 Å². The molecule has 0 aliphatic carbocycles. The SMILES string of the molecule is Cc1cc(Cl)nc2c(F)c(F)c(F)cc12. The van der Waals surface area contributed by atoms with Gasteiger partial charge in [-0.1, -0.05) is 11.6 Å². The predicted octanol–water partition coefficient (Wildman–Crippen LogP) is 3.61. The smallest absolute Gasteiger partial charge is 0.196 e. The van der Waals surface area contributed by atoms with Gasteiger partial charge in [0.05, 0.1) is 0 Å². The van der Waals surface area contributed by atoms with Crippen LogP contribution in [0.3, 0.4) is 0 Å². The highest BCUT2D eigenvalue weighted by molar-refractivity contribution is 6.29. The van der Waals surface area contributed by atoms with Crippen LogP contribution in [0.15, 0.2) is 12.1 Å². The van der Waals surface area contributed by atoms with Gasteiger partial charge in [0.2, 0.25) is 0 Å². The van der Waals surface area contributed by atoms with Gasteiger partial charge in [-0.25, -0.2) is 18.2 Å². The second kappa shape index (κ2) is 3.38. The molecule has 1 nitrogen and oxygen atoms in total. The molecule has 78 valence electrons. The molecule has 1 aromatic carbocycles. The van der Waals surface area contributed by atoms with Crippen molar-refractivity contribution < 1.29 is 13.2 Å². The summed E-state index contributed by atoms with van der Waals surface area (Å²) in [5, 5.41) is 0.265. The summed E-state index contributed by atoms with van der Waals surface area (Å²) in [5.74, 6) is -4.07. The van der Waals surface area contributed by atoms with Crippen molar-refractivity contribution >= 4 is 22.5 Å². The number of nitrogens with zero attached hydrogens (tertiary/aromatic N) is 1. The van der Waals surface area contributed by atoms with E-state index in [0.717, 1.165) is 6.07 Å². The number of aromatic nitrogens is 1. The van der Waals surface area contributed by atoms with Gasteiger partial charge < -0.3 is 0 Å². The second-order valence-corrected chi connectivity index (χ2v) is 3.53. The van der Waals surface area contributed by atoms with Crippen molar-refractivity contribution in [3.8, 4) is 0 Å². The molecule has 0 unspecified atom stereocenters. The maximum Gasteiger partial charge on any atom is 0.196 e. The normalized spacial score (nSPS) is 11.0. The third-order valence-corrected chi connectivity index (χ3v) is 2.31. The van der Waals surface area contributed by atoms with E-state index in [-0.39, 0.29) is 16.1 Å². The molecule has 5 heteroatoms. The Morgan fingerprint density at radius 1 is 1.13 bits per heavy atom. The zero-order chi connectivity index (χ0) is 11.2. The van der Waals surface area contributed by atoms with Crippen LogP contribution in [-0.2, 0) is 0 Å². The molecule has 0 saturated carbocycles.